The molecule has 0 bridgehead atoms. The molecular formula is C35H45ClN4O7S. The van der Waals surface area contributed by atoms with Crippen LogP contribution in [0.3, 0.4) is 0 Å². The Morgan fingerprint density at radius 1 is 1.06 bits per heavy atom. The second-order valence-electron chi connectivity index (χ2n) is 12.2. The van der Waals surface area contributed by atoms with E-state index in [2.05, 4.69) is 10.0 Å². The molecule has 0 aliphatic carbocycles. The van der Waals surface area contributed by atoms with Gasteiger partial charge in [0.25, 0.3) is 15.9 Å². The Morgan fingerprint density at radius 3 is 2.46 bits per heavy atom. The molecule has 4 atom stereocenters. The predicted molar refractivity (Wildman–Crippen MR) is 187 cm³/mol. The fourth-order valence-corrected chi connectivity index (χ4v) is 6.55. The van der Waals surface area contributed by atoms with Crippen molar-refractivity contribution in [3.63, 3.8) is 0 Å². The molecule has 260 valence electrons. The standard InChI is InChI=1S/C35H45ClN4O7S/c1-24-21-40(25(2)23-41)34(42)31-20-29(38-48(44,45)30-16-13-27(36)14-17-30)15-18-32(31)47-26(3)10-8-9-19-46-33(24)22-39(4)35(43)37-28-11-6-5-7-12-28/h5-7,11-18,20,24-26,33,38,41H,8-10,19,21-23H2,1-4H3,(H,37,43)/t24-,25+,26+,33-/m0/s1. The summed E-state index contributed by atoms with van der Waals surface area (Å²) < 4.78 is 41.5. The van der Waals surface area contributed by atoms with Gasteiger partial charge in [0.2, 0.25) is 0 Å². The summed E-state index contributed by atoms with van der Waals surface area (Å²) in [5.41, 5.74) is 0.999. The zero-order valence-corrected chi connectivity index (χ0v) is 29.3. The molecule has 0 unspecified atom stereocenters. The molecule has 0 saturated heterocycles. The van der Waals surface area contributed by atoms with E-state index in [1.54, 1.807) is 35.9 Å². The summed E-state index contributed by atoms with van der Waals surface area (Å²) in [6.07, 6.45) is 1.60. The summed E-state index contributed by atoms with van der Waals surface area (Å²) in [5.74, 6) is -0.385. The second kappa shape index (κ2) is 17.0. The normalized spacial score (nSPS) is 20.1. The first-order valence-electron chi connectivity index (χ1n) is 16.1. The number of anilines is 2. The summed E-state index contributed by atoms with van der Waals surface area (Å²) in [6, 6.07) is 18.7. The number of hydrogen-bond acceptors (Lipinski definition) is 7. The van der Waals surface area contributed by atoms with Gasteiger partial charge in [0, 0.05) is 49.1 Å². The highest BCUT2D eigenvalue weighted by Crippen LogP contribution is 2.30. The van der Waals surface area contributed by atoms with E-state index in [1.165, 1.54) is 30.3 Å². The van der Waals surface area contributed by atoms with E-state index < -0.39 is 28.1 Å². The van der Waals surface area contributed by atoms with Crippen LogP contribution < -0.4 is 14.8 Å². The molecule has 0 radical (unpaired) electrons. The largest absolute Gasteiger partial charge is 0.490 e. The average molecular weight is 701 g/mol. The van der Waals surface area contributed by atoms with Crippen LogP contribution in [0, 0.1) is 5.92 Å². The Morgan fingerprint density at radius 2 is 1.77 bits per heavy atom. The van der Waals surface area contributed by atoms with Crippen molar-refractivity contribution in [1.29, 1.82) is 0 Å². The third-order valence-corrected chi connectivity index (χ3v) is 9.90. The Balaban J connectivity index is 1.63. The molecule has 0 saturated carbocycles. The smallest absolute Gasteiger partial charge is 0.321 e. The van der Waals surface area contributed by atoms with Crippen LogP contribution in [0.4, 0.5) is 16.2 Å². The number of urea groups is 1. The van der Waals surface area contributed by atoms with Gasteiger partial charge < -0.3 is 29.7 Å². The van der Waals surface area contributed by atoms with Crippen molar-refractivity contribution < 1.29 is 32.6 Å². The summed E-state index contributed by atoms with van der Waals surface area (Å²) >= 11 is 5.95. The summed E-state index contributed by atoms with van der Waals surface area (Å²) in [7, 11) is -2.30. The minimum atomic E-state index is -3.99. The number of hydrogen-bond donors (Lipinski definition) is 3. The first-order chi connectivity index (χ1) is 22.9. The number of carbonyl (C=O) groups excluding carboxylic acids is 2. The van der Waals surface area contributed by atoms with Crippen molar-refractivity contribution in [3.8, 4) is 5.75 Å². The molecule has 1 aliphatic heterocycles. The van der Waals surface area contributed by atoms with Gasteiger partial charge in [-0.1, -0.05) is 36.7 Å². The van der Waals surface area contributed by atoms with E-state index in [-0.39, 0.29) is 53.9 Å². The van der Waals surface area contributed by atoms with Crippen molar-refractivity contribution in [2.75, 3.05) is 43.4 Å². The number of likely N-dealkylation sites (N-methyl/N-ethyl adjacent to an activating group) is 1. The molecule has 0 fully saturated rings. The Kier molecular flexibility index (Phi) is 13.1. The van der Waals surface area contributed by atoms with Gasteiger partial charge in [-0.15, -0.1) is 0 Å². The van der Waals surface area contributed by atoms with E-state index in [9.17, 15) is 23.1 Å². The number of aliphatic hydroxyl groups excluding tert-OH is 1. The zero-order valence-electron chi connectivity index (χ0n) is 27.8. The number of benzene rings is 3. The lowest BCUT2D eigenvalue weighted by Gasteiger charge is -2.35. The molecule has 3 N–H and O–H groups in total. The number of para-hydroxylation sites is 1. The number of fused-ring (bicyclic) bond motifs is 1. The van der Waals surface area contributed by atoms with Crippen LogP contribution in [0.1, 0.15) is 50.4 Å². The van der Waals surface area contributed by atoms with Crippen LogP contribution >= 0.6 is 11.6 Å². The van der Waals surface area contributed by atoms with Crippen LogP contribution in [-0.2, 0) is 14.8 Å². The lowest BCUT2D eigenvalue weighted by molar-refractivity contribution is -0.0115. The fraction of sp³-hybridized carbons (Fsp3) is 0.429. The molecule has 3 aromatic rings. The minimum Gasteiger partial charge on any atom is -0.490 e. The van der Waals surface area contributed by atoms with E-state index in [0.29, 0.717) is 29.5 Å². The van der Waals surface area contributed by atoms with Crippen molar-refractivity contribution in [2.45, 2.75) is 63.2 Å². The third-order valence-electron chi connectivity index (χ3n) is 8.25. The molecule has 3 amide bonds. The van der Waals surface area contributed by atoms with Crippen molar-refractivity contribution >= 4 is 44.9 Å². The van der Waals surface area contributed by atoms with Gasteiger partial charge in [-0.05, 0) is 87.7 Å². The maximum absolute atomic E-state index is 14.4. The first kappa shape index (κ1) is 37.0. The lowest BCUT2D eigenvalue weighted by Crippen LogP contribution is -2.48. The number of carbonyl (C=O) groups is 2. The molecule has 13 heteroatoms. The van der Waals surface area contributed by atoms with Gasteiger partial charge in [-0.2, -0.15) is 0 Å². The highest BCUT2D eigenvalue weighted by molar-refractivity contribution is 7.92. The molecule has 1 heterocycles. The highest BCUT2D eigenvalue weighted by atomic mass is 35.5. The van der Waals surface area contributed by atoms with Crippen LogP contribution in [0.5, 0.6) is 5.75 Å². The van der Waals surface area contributed by atoms with E-state index >= 15 is 0 Å². The van der Waals surface area contributed by atoms with E-state index in [4.69, 9.17) is 21.1 Å². The van der Waals surface area contributed by atoms with Gasteiger partial charge in [-0.3, -0.25) is 9.52 Å². The van der Waals surface area contributed by atoms with Crippen LogP contribution in [-0.4, -0.2) is 86.9 Å². The number of amides is 3. The predicted octanol–water partition coefficient (Wildman–Crippen LogP) is 6.10. The summed E-state index contributed by atoms with van der Waals surface area (Å²) in [4.78, 5) is 30.5. The zero-order chi connectivity index (χ0) is 34.8. The highest BCUT2D eigenvalue weighted by Gasteiger charge is 2.31. The number of rotatable bonds is 8. The molecule has 11 nitrogen and oxygen atoms in total. The SMILES string of the molecule is C[C@@H]1CCCCO[C@@H](CN(C)C(=O)Nc2ccccc2)[C@@H](C)CN([C@H](C)CO)C(=O)c2cc(NS(=O)(=O)c3ccc(Cl)cc3)ccc2O1. The number of ether oxygens (including phenoxy) is 2. The number of halogens is 1. The van der Waals surface area contributed by atoms with Crippen molar-refractivity contribution in [1.82, 2.24) is 9.80 Å². The van der Waals surface area contributed by atoms with Crippen LogP contribution in [0.25, 0.3) is 0 Å². The van der Waals surface area contributed by atoms with Crippen LogP contribution in [0.15, 0.2) is 77.7 Å². The van der Waals surface area contributed by atoms with Gasteiger partial charge >= 0.3 is 6.03 Å². The van der Waals surface area contributed by atoms with E-state index in [1.807, 2.05) is 44.2 Å². The molecule has 0 aromatic heterocycles. The quantitative estimate of drug-likeness (QED) is 0.258. The molecule has 48 heavy (non-hydrogen) atoms. The first-order valence-corrected chi connectivity index (χ1v) is 17.9. The maximum atomic E-state index is 14.4. The number of sulfonamides is 1. The van der Waals surface area contributed by atoms with E-state index in [0.717, 1.165) is 12.8 Å². The van der Waals surface area contributed by atoms with Gasteiger partial charge in [0.05, 0.1) is 35.3 Å². The van der Waals surface area contributed by atoms with Crippen LogP contribution in [0.2, 0.25) is 5.02 Å². The fourth-order valence-electron chi connectivity index (χ4n) is 5.37. The second-order valence-corrected chi connectivity index (χ2v) is 14.4. The molecule has 4 rings (SSSR count). The summed E-state index contributed by atoms with van der Waals surface area (Å²) in [6.45, 7) is 6.21. The minimum absolute atomic E-state index is 0.0148. The summed E-state index contributed by atoms with van der Waals surface area (Å²) in [5, 5.41) is 13.5. The third kappa shape index (κ3) is 10.1. The number of aliphatic hydroxyl groups is 1. The topological polar surface area (TPSA) is 138 Å². The molecule has 0 spiro atoms. The molecule has 3 aromatic carbocycles. The van der Waals surface area contributed by atoms with Gasteiger partial charge in [0.15, 0.2) is 0 Å². The Hall–Kier alpha value is -3.84. The lowest BCUT2D eigenvalue weighted by atomic mass is 10.0. The Labute approximate surface area is 288 Å². The van der Waals surface area contributed by atoms with Crippen molar-refractivity contribution in [3.05, 3.63) is 83.4 Å². The average Bonchev–Trinajstić information content (AvgIpc) is 3.06. The monoisotopic (exact) mass is 700 g/mol. The number of nitrogens with one attached hydrogen (secondary N) is 2. The molecular weight excluding hydrogens is 656 g/mol. The van der Waals surface area contributed by atoms with Gasteiger partial charge in [0.1, 0.15) is 5.75 Å². The van der Waals surface area contributed by atoms with Gasteiger partial charge in [-0.25, -0.2) is 13.2 Å². The maximum Gasteiger partial charge on any atom is 0.321 e. The Bertz CT molecular complexity index is 1630. The number of nitrogens with zero attached hydrogens (tertiary/aromatic N) is 2. The molecule has 1 aliphatic rings. The van der Waals surface area contributed by atoms with Crippen molar-refractivity contribution in [2.24, 2.45) is 5.92 Å².